The quantitative estimate of drug-likeness (QED) is 0.197. The van der Waals surface area contributed by atoms with Gasteiger partial charge in [-0.1, -0.05) is 140 Å². The van der Waals surface area contributed by atoms with Crippen molar-refractivity contribution >= 4 is 54.0 Å². The van der Waals surface area contributed by atoms with Gasteiger partial charge in [0.25, 0.3) is 0 Å². The van der Waals surface area contributed by atoms with Crippen molar-refractivity contribution in [1.29, 1.82) is 0 Å². The zero-order valence-electron chi connectivity index (χ0n) is 24.0. The van der Waals surface area contributed by atoms with Crippen LogP contribution < -0.4 is 0 Å². The number of hydrogen-bond acceptors (Lipinski definition) is 1. The SMILES string of the molecule is c1ccc2cc(-c3c4ccccc4c(-c4cccc5c(-c6cnc7ccccc7c6)cccc45)c4ccccc34)ccc2c1. The van der Waals surface area contributed by atoms with Gasteiger partial charge in [0, 0.05) is 17.1 Å². The van der Waals surface area contributed by atoms with Gasteiger partial charge in [0.05, 0.1) is 5.52 Å². The van der Waals surface area contributed by atoms with Crippen LogP contribution in [0.15, 0.2) is 164 Å². The van der Waals surface area contributed by atoms with Crippen LogP contribution in [0, 0.1) is 0 Å². The van der Waals surface area contributed by atoms with Gasteiger partial charge in [-0.05, 0) is 89.1 Å². The lowest BCUT2D eigenvalue weighted by atomic mass is 9.84. The Morgan fingerprint density at radius 2 is 0.841 bits per heavy atom. The lowest BCUT2D eigenvalue weighted by molar-refractivity contribution is 1.41. The van der Waals surface area contributed by atoms with E-state index in [-0.39, 0.29) is 0 Å². The number of fused-ring (bicyclic) bond motifs is 5. The van der Waals surface area contributed by atoms with Crippen molar-refractivity contribution in [3.63, 3.8) is 0 Å². The largest absolute Gasteiger partial charge is 0.256 e. The molecule has 0 unspecified atom stereocenters. The van der Waals surface area contributed by atoms with Crippen molar-refractivity contribution in [1.82, 2.24) is 4.98 Å². The monoisotopic (exact) mass is 557 g/mol. The Bertz CT molecular complexity index is 2500. The highest BCUT2D eigenvalue weighted by Crippen LogP contribution is 2.46. The van der Waals surface area contributed by atoms with Crippen LogP contribution in [0.1, 0.15) is 0 Å². The fourth-order valence-corrected chi connectivity index (χ4v) is 7.07. The van der Waals surface area contributed by atoms with E-state index in [0.717, 1.165) is 16.5 Å². The van der Waals surface area contributed by atoms with Crippen LogP contribution in [0.3, 0.4) is 0 Å². The van der Waals surface area contributed by atoms with Gasteiger partial charge in [-0.15, -0.1) is 0 Å². The molecule has 0 radical (unpaired) electrons. The van der Waals surface area contributed by atoms with Gasteiger partial charge in [0.2, 0.25) is 0 Å². The molecule has 1 nitrogen and oxygen atoms in total. The number of rotatable bonds is 3. The summed E-state index contributed by atoms with van der Waals surface area (Å²) in [5, 5.41) is 11.2. The van der Waals surface area contributed by atoms with E-state index in [1.807, 2.05) is 12.3 Å². The van der Waals surface area contributed by atoms with Gasteiger partial charge in [-0.25, -0.2) is 0 Å². The summed E-state index contributed by atoms with van der Waals surface area (Å²) in [6.45, 7) is 0. The highest BCUT2D eigenvalue weighted by molar-refractivity contribution is 6.24. The third-order valence-electron chi connectivity index (χ3n) is 9.06. The molecule has 1 aromatic heterocycles. The van der Waals surface area contributed by atoms with Gasteiger partial charge in [-0.3, -0.25) is 4.98 Å². The van der Waals surface area contributed by atoms with E-state index in [4.69, 9.17) is 4.98 Å². The van der Waals surface area contributed by atoms with Crippen molar-refractivity contribution in [2.24, 2.45) is 0 Å². The molecule has 0 aliphatic carbocycles. The molecule has 0 saturated carbocycles. The lowest BCUT2D eigenvalue weighted by Crippen LogP contribution is -1.92. The number of benzene rings is 8. The second-order valence-electron chi connectivity index (χ2n) is 11.5. The van der Waals surface area contributed by atoms with E-state index >= 15 is 0 Å². The van der Waals surface area contributed by atoms with Crippen molar-refractivity contribution in [2.45, 2.75) is 0 Å². The van der Waals surface area contributed by atoms with Gasteiger partial charge in [0.15, 0.2) is 0 Å². The summed E-state index contributed by atoms with van der Waals surface area (Å²) in [4.78, 5) is 4.78. The topological polar surface area (TPSA) is 12.9 Å². The van der Waals surface area contributed by atoms with Crippen LogP contribution in [0.4, 0.5) is 0 Å². The summed E-state index contributed by atoms with van der Waals surface area (Å²) in [6, 6.07) is 57.3. The Balaban J connectivity index is 1.34. The van der Waals surface area contributed by atoms with Gasteiger partial charge in [0.1, 0.15) is 0 Å². The highest BCUT2D eigenvalue weighted by Gasteiger charge is 2.18. The lowest BCUT2D eigenvalue weighted by Gasteiger charge is -2.19. The molecular formula is C43H27N. The summed E-state index contributed by atoms with van der Waals surface area (Å²) in [7, 11) is 0. The molecular weight excluding hydrogens is 530 g/mol. The van der Waals surface area contributed by atoms with Gasteiger partial charge in [-0.2, -0.15) is 0 Å². The first kappa shape index (κ1) is 24.8. The zero-order chi connectivity index (χ0) is 29.0. The van der Waals surface area contributed by atoms with Crippen LogP contribution in [-0.2, 0) is 0 Å². The van der Waals surface area contributed by atoms with Crippen molar-refractivity contribution in [3.8, 4) is 33.4 Å². The van der Waals surface area contributed by atoms with Crippen LogP contribution in [0.2, 0.25) is 0 Å². The minimum absolute atomic E-state index is 1.02. The number of pyridine rings is 1. The average Bonchev–Trinajstić information content (AvgIpc) is 3.09. The molecule has 0 spiro atoms. The molecule has 0 bridgehead atoms. The first-order chi connectivity index (χ1) is 21.8. The standard InChI is InChI=1S/C43H27N/c1-2-12-29-25-31(24-23-28(29)11-1)42-37-14-4-6-16-39(37)43(40-17-7-5-15-38(40)42)36-21-10-19-34-33(18-9-20-35(34)36)32-26-30-13-3-8-22-41(30)44-27-32/h1-27H. The highest BCUT2D eigenvalue weighted by atomic mass is 14.6. The maximum atomic E-state index is 4.78. The van der Waals surface area contributed by atoms with Crippen molar-refractivity contribution in [2.75, 3.05) is 0 Å². The summed E-state index contributed by atoms with van der Waals surface area (Å²) in [6.07, 6.45) is 2.01. The molecule has 9 aromatic rings. The molecule has 204 valence electrons. The minimum atomic E-state index is 1.02. The molecule has 0 atom stereocenters. The number of aromatic nitrogens is 1. The molecule has 0 aliphatic heterocycles. The van der Waals surface area contributed by atoms with Crippen molar-refractivity contribution in [3.05, 3.63) is 164 Å². The zero-order valence-corrected chi connectivity index (χ0v) is 24.0. The molecule has 0 fully saturated rings. The fourth-order valence-electron chi connectivity index (χ4n) is 7.07. The molecule has 44 heavy (non-hydrogen) atoms. The Kier molecular flexibility index (Phi) is 5.57. The Morgan fingerprint density at radius 1 is 0.318 bits per heavy atom. The second kappa shape index (κ2) is 9.90. The van der Waals surface area contributed by atoms with E-state index in [2.05, 4.69) is 152 Å². The molecule has 0 aliphatic rings. The van der Waals surface area contributed by atoms with Gasteiger partial charge >= 0.3 is 0 Å². The summed E-state index contributed by atoms with van der Waals surface area (Å²) < 4.78 is 0. The molecule has 8 aromatic carbocycles. The predicted molar refractivity (Wildman–Crippen MR) is 188 cm³/mol. The van der Waals surface area contributed by atoms with E-state index in [9.17, 15) is 0 Å². The maximum Gasteiger partial charge on any atom is 0.0702 e. The number of nitrogens with zero attached hydrogens (tertiary/aromatic N) is 1. The van der Waals surface area contributed by atoms with Crippen LogP contribution in [0.5, 0.6) is 0 Å². The smallest absolute Gasteiger partial charge is 0.0702 e. The van der Waals surface area contributed by atoms with Gasteiger partial charge < -0.3 is 0 Å². The second-order valence-corrected chi connectivity index (χ2v) is 11.5. The average molecular weight is 558 g/mol. The van der Waals surface area contributed by atoms with E-state index < -0.39 is 0 Å². The fraction of sp³-hybridized carbons (Fsp3) is 0. The van der Waals surface area contributed by atoms with Crippen LogP contribution in [0.25, 0.3) is 87.4 Å². The Morgan fingerprint density at radius 3 is 1.57 bits per heavy atom. The summed E-state index contributed by atoms with van der Waals surface area (Å²) in [5.41, 5.74) is 8.40. The van der Waals surface area contributed by atoms with E-state index in [1.165, 1.54) is 70.9 Å². The minimum Gasteiger partial charge on any atom is -0.256 e. The predicted octanol–water partition coefficient (Wildman–Crippen LogP) is 11.8. The van der Waals surface area contributed by atoms with Crippen LogP contribution >= 0.6 is 0 Å². The Hall–Kier alpha value is -5.79. The first-order valence-electron chi connectivity index (χ1n) is 15.1. The maximum absolute atomic E-state index is 4.78. The normalized spacial score (nSPS) is 11.6. The first-order valence-corrected chi connectivity index (χ1v) is 15.1. The number of para-hydroxylation sites is 1. The van der Waals surface area contributed by atoms with Crippen molar-refractivity contribution < 1.29 is 0 Å². The number of hydrogen-bond donors (Lipinski definition) is 0. The van der Waals surface area contributed by atoms with E-state index in [1.54, 1.807) is 0 Å². The summed E-state index contributed by atoms with van der Waals surface area (Å²) >= 11 is 0. The Labute approximate surface area is 255 Å². The molecule has 9 rings (SSSR count). The third kappa shape index (κ3) is 3.83. The molecule has 0 N–H and O–H groups in total. The van der Waals surface area contributed by atoms with E-state index in [0.29, 0.717) is 0 Å². The molecule has 0 saturated heterocycles. The van der Waals surface area contributed by atoms with Crippen LogP contribution in [-0.4, -0.2) is 4.98 Å². The molecule has 0 amide bonds. The third-order valence-corrected chi connectivity index (χ3v) is 9.06. The summed E-state index contributed by atoms with van der Waals surface area (Å²) in [5.74, 6) is 0. The molecule has 1 heteroatoms. The molecule has 1 heterocycles.